The third-order valence-corrected chi connectivity index (χ3v) is 3.67. The summed E-state index contributed by atoms with van der Waals surface area (Å²) in [4.78, 5) is 0. The molecule has 16 heavy (non-hydrogen) atoms. The number of sulfone groups is 1. The summed E-state index contributed by atoms with van der Waals surface area (Å²) in [5, 5.41) is 10.1. The van der Waals surface area contributed by atoms with Crippen LogP contribution in [0.2, 0.25) is 0 Å². The highest BCUT2D eigenvalue weighted by Gasteiger charge is 2.11. The van der Waals surface area contributed by atoms with Crippen LogP contribution in [0.25, 0.3) is 0 Å². The summed E-state index contributed by atoms with van der Waals surface area (Å²) in [6.07, 6.45) is 0. The monoisotopic (exact) mass is 248 g/mol. The second-order valence-corrected chi connectivity index (χ2v) is 5.87. The second kappa shape index (κ2) is 5.26. The Morgan fingerprint density at radius 1 is 1.50 bits per heavy atom. The molecule has 1 unspecified atom stereocenters. The molecule has 0 amide bonds. The van der Waals surface area contributed by atoms with Crippen molar-refractivity contribution in [2.75, 3.05) is 23.4 Å². The van der Waals surface area contributed by atoms with Crippen LogP contribution in [0.1, 0.15) is 25.8 Å². The summed E-state index contributed by atoms with van der Waals surface area (Å²) < 4.78 is 27.5. The molecule has 1 aromatic rings. The van der Waals surface area contributed by atoms with Crippen molar-refractivity contribution in [3.05, 3.63) is 5.89 Å². The maximum atomic E-state index is 11.2. The lowest BCUT2D eigenvalue weighted by atomic mass is 10.4. The van der Waals surface area contributed by atoms with Crippen LogP contribution in [0.4, 0.5) is 6.01 Å². The normalized spacial score (nSPS) is 13.7. The molecule has 0 saturated heterocycles. The maximum absolute atomic E-state index is 11.2. The van der Waals surface area contributed by atoms with Crippen molar-refractivity contribution in [3.8, 4) is 0 Å². The van der Waals surface area contributed by atoms with Gasteiger partial charge in [-0.1, -0.05) is 12.0 Å². The quantitative estimate of drug-likeness (QED) is 0.725. The van der Waals surface area contributed by atoms with Gasteiger partial charge in [0, 0.05) is 12.3 Å². The third-order valence-electron chi connectivity index (χ3n) is 1.96. The number of rotatable bonds is 6. The Hall–Kier alpha value is -1.15. The molecule has 0 aliphatic heterocycles. The van der Waals surface area contributed by atoms with Gasteiger partial charge < -0.3 is 15.5 Å². The number of nitrogens with zero attached hydrogens (tertiary/aromatic N) is 2. The molecule has 3 N–H and O–H groups in total. The molecule has 1 rings (SSSR count). The maximum Gasteiger partial charge on any atom is 0.315 e. The minimum Gasteiger partial charge on any atom is -0.406 e. The van der Waals surface area contributed by atoms with Crippen LogP contribution >= 0.6 is 0 Å². The molecular formula is C8H16N4O3S. The summed E-state index contributed by atoms with van der Waals surface area (Å²) in [6, 6.07) is -0.138. The number of anilines is 1. The molecule has 1 heterocycles. The van der Waals surface area contributed by atoms with Gasteiger partial charge in [0.15, 0.2) is 9.84 Å². The molecular weight excluding hydrogens is 232 g/mol. The summed E-state index contributed by atoms with van der Waals surface area (Å²) in [5.74, 6) is 0.490. The number of aromatic nitrogens is 2. The molecule has 0 aliphatic carbocycles. The molecule has 0 aromatic carbocycles. The largest absolute Gasteiger partial charge is 0.406 e. The van der Waals surface area contributed by atoms with Crippen molar-refractivity contribution < 1.29 is 12.8 Å². The van der Waals surface area contributed by atoms with E-state index in [1.54, 1.807) is 13.8 Å². The number of nitrogens with one attached hydrogen (secondary N) is 1. The van der Waals surface area contributed by atoms with E-state index in [-0.39, 0.29) is 30.1 Å². The van der Waals surface area contributed by atoms with Gasteiger partial charge in [-0.05, 0) is 6.92 Å². The number of hydrogen-bond donors (Lipinski definition) is 2. The molecule has 1 atom stereocenters. The Morgan fingerprint density at radius 3 is 2.69 bits per heavy atom. The Balaban J connectivity index is 2.43. The summed E-state index contributed by atoms with van der Waals surface area (Å²) in [6.45, 7) is 3.58. The SMILES string of the molecule is CCS(=O)(=O)CCNc1nnc(C(C)N)o1. The van der Waals surface area contributed by atoms with Gasteiger partial charge in [0.2, 0.25) is 5.89 Å². The van der Waals surface area contributed by atoms with Crippen LogP contribution in [0.5, 0.6) is 0 Å². The molecule has 1 aromatic heterocycles. The molecule has 0 aliphatic rings. The highest BCUT2D eigenvalue weighted by Crippen LogP contribution is 2.10. The van der Waals surface area contributed by atoms with Crippen LogP contribution in [-0.2, 0) is 9.84 Å². The van der Waals surface area contributed by atoms with E-state index in [1.807, 2.05) is 0 Å². The van der Waals surface area contributed by atoms with Gasteiger partial charge in [-0.15, -0.1) is 5.10 Å². The standard InChI is InChI=1S/C8H16N4O3S/c1-3-16(13,14)5-4-10-8-12-11-7(15-8)6(2)9/h6H,3-5,9H2,1-2H3,(H,10,12). The molecule has 0 bridgehead atoms. The topological polar surface area (TPSA) is 111 Å². The Morgan fingerprint density at radius 2 is 2.19 bits per heavy atom. The lowest BCUT2D eigenvalue weighted by Crippen LogP contribution is -2.17. The number of hydrogen-bond acceptors (Lipinski definition) is 7. The van der Waals surface area contributed by atoms with Crippen LogP contribution in [0.3, 0.4) is 0 Å². The zero-order valence-corrected chi connectivity index (χ0v) is 10.1. The van der Waals surface area contributed by atoms with Crippen LogP contribution in [0, 0.1) is 0 Å². The lowest BCUT2D eigenvalue weighted by molar-refractivity contribution is 0.473. The molecule has 0 radical (unpaired) electrons. The first-order valence-electron chi connectivity index (χ1n) is 4.98. The van der Waals surface area contributed by atoms with E-state index in [2.05, 4.69) is 15.5 Å². The predicted molar refractivity (Wildman–Crippen MR) is 59.7 cm³/mol. The molecule has 0 fully saturated rings. The first-order valence-corrected chi connectivity index (χ1v) is 6.80. The zero-order valence-electron chi connectivity index (χ0n) is 9.30. The fraction of sp³-hybridized carbons (Fsp3) is 0.750. The Bertz CT molecular complexity index is 426. The molecule has 0 spiro atoms. The first-order chi connectivity index (χ1) is 7.44. The van der Waals surface area contributed by atoms with E-state index in [9.17, 15) is 8.42 Å². The first kappa shape index (κ1) is 12.9. The fourth-order valence-electron chi connectivity index (χ4n) is 0.948. The van der Waals surface area contributed by atoms with E-state index in [4.69, 9.17) is 10.2 Å². The van der Waals surface area contributed by atoms with Gasteiger partial charge in [-0.2, -0.15) is 0 Å². The number of nitrogens with two attached hydrogens (primary N) is 1. The fourth-order valence-corrected chi connectivity index (χ4v) is 1.65. The van der Waals surface area contributed by atoms with Crippen LogP contribution in [-0.4, -0.2) is 36.7 Å². The highest BCUT2D eigenvalue weighted by atomic mass is 32.2. The molecule has 7 nitrogen and oxygen atoms in total. The molecule has 8 heteroatoms. The van der Waals surface area contributed by atoms with Crippen molar-refractivity contribution in [1.82, 2.24) is 10.2 Å². The van der Waals surface area contributed by atoms with Gasteiger partial charge in [-0.3, -0.25) is 0 Å². The summed E-state index contributed by atoms with van der Waals surface area (Å²) >= 11 is 0. The van der Waals surface area contributed by atoms with Crippen molar-refractivity contribution in [3.63, 3.8) is 0 Å². The zero-order chi connectivity index (χ0) is 12.2. The third kappa shape index (κ3) is 3.78. The highest BCUT2D eigenvalue weighted by molar-refractivity contribution is 7.91. The second-order valence-electron chi connectivity index (χ2n) is 3.40. The van der Waals surface area contributed by atoms with E-state index in [0.717, 1.165) is 0 Å². The van der Waals surface area contributed by atoms with Crippen molar-refractivity contribution in [2.45, 2.75) is 19.9 Å². The van der Waals surface area contributed by atoms with Gasteiger partial charge >= 0.3 is 6.01 Å². The van der Waals surface area contributed by atoms with Gasteiger partial charge in [0.25, 0.3) is 0 Å². The van der Waals surface area contributed by atoms with Gasteiger partial charge in [-0.25, -0.2) is 8.42 Å². The van der Waals surface area contributed by atoms with Crippen LogP contribution in [0.15, 0.2) is 4.42 Å². The average Bonchev–Trinajstić information content (AvgIpc) is 2.66. The van der Waals surface area contributed by atoms with Crippen molar-refractivity contribution in [1.29, 1.82) is 0 Å². The van der Waals surface area contributed by atoms with E-state index >= 15 is 0 Å². The van der Waals surface area contributed by atoms with Crippen molar-refractivity contribution in [2.24, 2.45) is 5.73 Å². The predicted octanol–water partition coefficient (Wildman–Crippen LogP) is -0.0641. The summed E-state index contributed by atoms with van der Waals surface area (Å²) in [5.41, 5.74) is 5.53. The average molecular weight is 248 g/mol. The Labute approximate surface area is 94.3 Å². The van der Waals surface area contributed by atoms with E-state index in [1.165, 1.54) is 0 Å². The Kier molecular flexibility index (Phi) is 4.25. The summed E-state index contributed by atoms with van der Waals surface area (Å²) in [7, 11) is -2.98. The van der Waals surface area contributed by atoms with Crippen molar-refractivity contribution >= 4 is 15.9 Å². The van der Waals surface area contributed by atoms with Crippen LogP contribution < -0.4 is 11.1 Å². The minimum atomic E-state index is -2.98. The van der Waals surface area contributed by atoms with E-state index < -0.39 is 9.84 Å². The minimum absolute atomic E-state index is 0.0411. The van der Waals surface area contributed by atoms with Gasteiger partial charge in [0.05, 0.1) is 11.8 Å². The smallest absolute Gasteiger partial charge is 0.315 e. The van der Waals surface area contributed by atoms with Gasteiger partial charge in [0.1, 0.15) is 0 Å². The lowest BCUT2D eigenvalue weighted by Gasteiger charge is -2.01. The molecule has 92 valence electrons. The molecule has 0 saturated carbocycles. The van der Waals surface area contributed by atoms with E-state index in [0.29, 0.717) is 5.89 Å².